The molecule has 0 radical (unpaired) electrons. The van der Waals surface area contributed by atoms with E-state index in [0.29, 0.717) is 10.0 Å². The minimum atomic E-state index is -0.694. The van der Waals surface area contributed by atoms with Crippen LogP contribution in [0.5, 0.6) is 0 Å². The summed E-state index contributed by atoms with van der Waals surface area (Å²) in [5, 5.41) is 10.5. The van der Waals surface area contributed by atoms with Crippen LogP contribution >= 0.6 is 15.9 Å². The molecular weight excluding hydrogens is 252 g/mol. The summed E-state index contributed by atoms with van der Waals surface area (Å²) in [4.78, 5) is 20.9. The molecule has 1 aromatic carbocycles. The molecule has 0 aliphatic heterocycles. The van der Waals surface area contributed by atoms with Gasteiger partial charge in [0.1, 0.15) is 0 Å². The summed E-state index contributed by atoms with van der Waals surface area (Å²) >= 11 is 3.11. The second-order valence-corrected chi connectivity index (χ2v) is 3.59. The van der Waals surface area contributed by atoms with Crippen LogP contribution in [0.1, 0.15) is 15.9 Å². The Bertz CT molecular complexity index is 382. The Labute approximate surface area is 88.2 Å². The topological polar surface area (TPSA) is 86.2 Å². The normalized spacial score (nSPS) is 9.86. The minimum Gasteiger partial charge on any atom is -0.366 e. The molecule has 74 valence electrons. The molecule has 0 aliphatic rings. The second kappa shape index (κ2) is 3.75. The van der Waals surface area contributed by atoms with Gasteiger partial charge in [-0.1, -0.05) is 0 Å². The molecule has 1 aromatic rings. The summed E-state index contributed by atoms with van der Waals surface area (Å²) < 4.78 is 0.466. The molecule has 0 saturated carbocycles. The van der Waals surface area contributed by atoms with Gasteiger partial charge in [-0.05, 0) is 28.9 Å². The number of benzene rings is 1. The minimum absolute atomic E-state index is 0.109. The van der Waals surface area contributed by atoms with Crippen molar-refractivity contribution in [1.29, 1.82) is 0 Å². The van der Waals surface area contributed by atoms with E-state index >= 15 is 0 Å². The van der Waals surface area contributed by atoms with Crippen molar-refractivity contribution < 1.29 is 9.72 Å². The average molecular weight is 259 g/mol. The van der Waals surface area contributed by atoms with E-state index in [4.69, 9.17) is 5.73 Å². The fraction of sp³-hybridized carbons (Fsp3) is 0.125. The number of aryl methyl sites for hydroxylation is 1. The van der Waals surface area contributed by atoms with E-state index in [1.807, 2.05) is 0 Å². The van der Waals surface area contributed by atoms with E-state index in [9.17, 15) is 14.9 Å². The Hall–Kier alpha value is -1.43. The Morgan fingerprint density at radius 1 is 1.57 bits per heavy atom. The molecule has 2 N–H and O–H groups in total. The van der Waals surface area contributed by atoms with Gasteiger partial charge in [0.05, 0.1) is 10.5 Å². The van der Waals surface area contributed by atoms with Crippen LogP contribution in [0.25, 0.3) is 0 Å². The number of carbonyl (C=O) groups excluding carboxylic acids is 1. The van der Waals surface area contributed by atoms with Gasteiger partial charge in [0.2, 0.25) is 5.91 Å². The van der Waals surface area contributed by atoms with Gasteiger partial charge in [0.25, 0.3) is 5.69 Å². The summed E-state index contributed by atoms with van der Waals surface area (Å²) in [6, 6.07) is 2.67. The second-order valence-electron chi connectivity index (χ2n) is 2.74. The maximum atomic E-state index is 10.9. The molecule has 5 nitrogen and oxygen atoms in total. The predicted molar refractivity (Wildman–Crippen MR) is 54.1 cm³/mol. The van der Waals surface area contributed by atoms with Crippen LogP contribution in [-0.4, -0.2) is 10.8 Å². The highest BCUT2D eigenvalue weighted by Gasteiger charge is 2.16. The first-order valence-corrected chi connectivity index (χ1v) is 4.47. The van der Waals surface area contributed by atoms with Crippen LogP contribution in [0.2, 0.25) is 0 Å². The number of rotatable bonds is 2. The first kappa shape index (κ1) is 10.6. The number of primary amides is 1. The number of amides is 1. The quantitative estimate of drug-likeness (QED) is 0.648. The number of hydrogen-bond donors (Lipinski definition) is 1. The van der Waals surface area contributed by atoms with Gasteiger partial charge in [0.15, 0.2) is 0 Å². The van der Waals surface area contributed by atoms with E-state index in [1.54, 1.807) is 6.92 Å². The monoisotopic (exact) mass is 258 g/mol. The third-order valence-electron chi connectivity index (χ3n) is 1.75. The number of carbonyl (C=O) groups is 1. The molecule has 1 rings (SSSR count). The number of hydrogen-bond acceptors (Lipinski definition) is 3. The Morgan fingerprint density at radius 3 is 2.57 bits per heavy atom. The largest absolute Gasteiger partial charge is 0.366 e. The standard InChI is InChI=1S/C8H7BrN2O3/c1-4-2-6(9)5(8(10)12)3-7(4)11(13)14/h2-3H,1H3,(H2,10,12). The molecule has 0 aromatic heterocycles. The van der Waals surface area contributed by atoms with Gasteiger partial charge in [-0.25, -0.2) is 0 Å². The highest BCUT2D eigenvalue weighted by atomic mass is 79.9. The molecule has 14 heavy (non-hydrogen) atoms. The first-order chi connectivity index (χ1) is 6.43. The SMILES string of the molecule is Cc1cc(Br)c(C(N)=O)cc1[N+](=O)[O-]. The van der Waals surface area contributed by atoms with Crippen LogP contribution < -0.4 is 5.73 Å². The maximum Gasteiger partial charge on any atom is 0.273 e. The van der Waals surface area contributed by atoms with E-state index < -0.39 is 10.8 Å². The van der Waals surface area contributed by atoms with Crippen molar-refractivity contribution in [2.75, 3.05) is 0 Å². The molecular formula is C8H7BrN2O3. The molecule has 0 spiro atoms. The Morgan fingerprint density at radius 2 is 2.14 bits per heavy atom. The summed E-state index contributed by atoms with van der Waals surface area (Å²) in [6.45, 7) is 1.59. The Kier molecular flexibility index (Phi) is 2.85. The number of nitro groups is 1. The van der Waals surface area contributed by atoms with Gasteiger partial charge >= 0.3 is 0 Å². The van der Waals surface area contributed by atoms with Gasteiger partial charge in [-0.15, -0.1) is 0 Å². The van der Waals surface area contributed by atoms with Crippen molar-refractivity contribution in [1.82, 2.24) is 0 Å². The van der Waals surface area contributed by atoms with Gasteiger partial charge in [0, 0.05) is 16.1 Å². The lowest BCUT2D eigenvalue weighted by Gasteiger charge is -2.02. The molecule has 1 amide bonds. The lowest BCUT2D eigenvalue weighted by molar-refractivity contribution is -0.385. The van der Waals surface area contributed by atoms with E-state index in [-0.39, 0.29) is 11.3 Å². The van der Waals surface area contributed by atoms with Crippen LogP contribution in [0.15, 0.2) is 16.6 Å². The zero-order valence-electron chi connectivity index (χ0n) is 7.28. The molecule has 0 bridgehead atoms. The Balaban J connectivity index is 3.42. The third-order valence-corrected chi connectivity index (χ3v) is 2.40. The van der Waals surface area contributed by atoms with Crippen molar-refractivity contribution in [3.8, 4) is 0 Å². The fourth-order valence-corrected chi connectivity index (χ4v) is 1.70. The van der Waals surface area contributed by atoms with Crippen molar-refractivity contribution in [2.45, 2.75) is 6.92 Å². The molecule has 0 unspecified atom stereocenters. The van der Waals surface area contributed by atoms with Gasteiger partial charge in [-0.2, -0.15) is 0 Å². The lowest BCUT2D eigenvalue weighted by Crippen LogP contribution is -2.12. The fourth-order valence-electron chi connectivity index (χ4n) is 1.05. The van der Waals surface area contributed by atoms with Crippen molar-refractivity contribution in [2.24, 2.45) is 5.73 Å². The van der Waals surface area contributed by atoms with E-state index in [0.717, 1.165) is 0 Å². The van der Waals surface area contributed by atoms with Gasteiger partial charge in [-0.3, -0.25) is 14.9 Å². The zero-order chi connectivity index (χ0) is 10.9. The molecule has 0 fully saturated rings. The highest BCUT2D eigenvalue weighted by Crippen LogP contribution is 2.26. The van der Waals surface area contributed by atoms with Crippen molar-refractivity contribution >= 4 is 27.5 Å². The van der Waals surface area contributed by atoms with E-state index in [1.165, 1.54) is 12.1 Å². The molecule has 0 atom stereocenters. The van der Waals surface area contributed by atoms with Crippen LogP contribution in [0.3, 0.4) is 0 Å². The smallest absolute Gasteiger partial charge is 0.273 e. The number of nitrogens with zero attached hydrogens (tertiary/aromatic N) is 1. The number of halogens is 1. The van der Waals surface area contributed by atoms with Crippen LogP contribution in [0, 0.1) is 17.0 Å². The summed E-state index contributed by atoms with van der Waals surface area (Å²) in [5.74, 6) is -0.694. The molecule has 0 aliphatic carbocycles. The number of nitrogens with two attached hydrogens (primary N) is 1. The summed E-state index contributed by atoms with van der Waals surface area (Å²) in [7, 11) is 0. The van der Waals surface area contributed by atoms with Crippen molar-refractivity contribution in [3.63, 3.8) is 0 Å². The van der Waals surface area contributed by atoms with Crippen LogP contribution in [0.4, 0.5) is 5.69 Å². The first-order valence-electron chi connectivity index (χ1n) is 3.68. The average Bonchev–Trinajstić information content (AvgIpc) is 2.02. The molecule has 0 heterocycles. The third kappa shape index (κ3) is 1.90. The van der Waals surface area contributed by atoms with Crippen LogP contribution in [-0.2, 0) is 0 Å². The predicted octanol–water partition coefficient (Wildman–Crippen LogP) is 1.76. The molecule has 6 heteroatoms. The molecule has 0 saturated heterocycles. The summed E-state index contributed by atoms with van der Waals surface area (Å²) in [6.07, 6.45) is 0. The van der Waals surface area contributed by atoms with E-state index in [2.05, 4.69) is 15.9 Å². The maximum absolute atomic E-state index is 10.9. The zero-order valence-corrected chi connectivity index (χ0v) is 8.87. The van der Waals surface area contributed by atoms with Gasteiger partial charge < -0.3 is 5.73 Å². The highest BCUT2D eigenvalue weighted by molar-refractivity contribution is 9.10. The number of nitro benzene ring substituents is 1. The summed E-state index contributed by atoms with van der Waals surface area (Å²) in [5.41, 5.74) is 5.52. The van der Waals surface area contributed by atoms with Crippen molar-refractivity contribution in [3.05, 3.63) is 37.8 Å². The lowest BCUT2D eigenvalue weighted by atomic mass is 10.1.